The molecule has 0 N–H and O–H groups in total. The van der Waals surface area contributed by atoms with Crippen LogP contribution in [0, 0.1) is 0 Å². The fourth-order valence-electron chi connectivity index (χ4n) is 2.43. The van der Waals surface area contributed by atoms with Gasteiger partial charge in [-0.15, -0.1) is 16.4 Å². The standard InChI is InChI=1S/C18H20ClN5OS2/c1-12(2)13-4-6-14(7-5-13)24-18(20-21-22-24)26-11-17(25)23(3)10-15-8-9-16(19)27-15/h4-9,12H,10-11H2,1-3H3. The third-order valence-corrected chi connectivity index (χ3v) is 6.14. The van der Waals surface area contributed by atoms with Crippen molar-refractivity contribution in [3.05, 3.63) is 51.2 Å². The van der Waals surface area contributed by atoms with E-state index in [9.17, 15) is 4.79 Å². The van der Waals surface area contributed by atoms with Crippen molar-refractivity contribution in [1.82, 2.24) is 25.1 Å². The molecule has 0 atom stereocenters. The van der Waals surface area contributed by atoms with Gasteiger partial charge in [0.15, 0.2) is 0 Å². The number of hydrogen-bond donors (Lipinski definition) is 0. The lowest BCUT2D eigenvalue weighted by Gasteiger charge is -2.15. The average molecular weight is 422 g/mol. The molecule has 0 saturated carbocycles. The van der Waals surface area contributed by atoms with Crippen LogP contribution in [0.2, 0.25) is 4.34 Å². The second kappa shape index (κ2) is 8.86. The van der Waals surface area contributed by atoms with Crippen LogP contribution in [-0.4, -0.2) is 43.8 Å². The van der Waals surface area contributed by atoms with Crippen molar-refractivity contribution in [2.45, 2.75) is 31.5 Å². The summed E-state index contributed by atoms with van der Waals surface area (Å²) in [6.07, 6.45) is 0. The van der Waals surface area contributed by atoms with Gasteiger partial charge in [0.25, 0.3) is 0 Å². The number of thioether (sulfide) groups is 1. The molecule has 2 aromatic heterocycles. The second-order valence-corrected chi connectivity index (χ2v) is 9.11. The van der Waals surface area contributed by atoms with Crippen molar-refractivity contribution < 1.29 is 4.79 Å². The Balaban J connectivity index is 1.61. The highest BCUT2D eigenvalue weighted by Crippen LogP contribution is 2.24. The number of nitrogens with zero attached hydrogens (tertiary/aromatic N) is 5. The number of aromatic nitrogens is 4. The lowest BCUT2D eigenvalue weighted by atomic mass is 10.0. The van der Waals surface area contributed by atoms with Gasteiger partial charge in [-0.25, -0.2) is 0 Å². The number of halogens is 1. The molecule has 0 saturated heterocycles. The molecule has 0 fully saturated rings. The van der Waals surface area contributed by atoms with Crippen LogP contribution in [0.25, 0.3) is 5.69 Å². The predicted molar refractivity (Wildman–Crippen MR) is 110 cm³/mol. The summed E-state index contributed by atoms with van der Waals surface area (Å²) >= 11 is 8.75. The molecule has 3 aromatic rings. The van der Waals surface area contributed by atoms with Gasteiger partial charge in [0.2, 0.25) is 11.1 Å². The van der Waals surface area contributed by atoms with Gasteiger partial charge in [0.05, 0.1) is 22.3 Å². The number of tetrazole rings is 1. The first-order valence-corrected chi connectivity index (χ1v) is 10.6. The van der Waals surface area contributed by atoms with Crippen LogP contribution in [-0.2, 0) is 11.3 Å². The van der Waals surface area contributed by atoms with E-state index in [-0.39, 0.29) is 11.7 Å². The zero-order valence-electron chi connectivity index (χ0n) is 15.3. The maximum Gasteiger partial charge on any atom is 0.233 e. The topological polar surface area (TPSA) is 63.9 Å². The van der Waals surface area contributed by atoms with E-state index in [1.54, 1.807) is 16.6 Å². The van der Waals surface area contributed by atoms with E-state index in [1.807, 2.05) is 24.3 Å². The summed E-state index contributed by atoms with van der Waals surface area (Å²) in [6.45, 7) is 4.84. The van der Waals surface area contributed by atoms with Gasteiger partial charge < -0.3 is 4.90 Å². The lowest BCUT2D eigenvalue weighted by Crippen LogP contribution is -2.27. The molecule has 3 rings (SSSR count). The minimum Gasteiger partial charge on any atom is -0.340 e. The monoisotopic (exact) mass is 421 g/mol. The molecule has 0 unspecified atom stereocenters. The first kappa shape index (κ1) is 19.9. The van der Waals surface area contributed by atoms with Gasteiger partial charge in [-0.3, -0.25) is 4.79 Å². The molecular weight excluding hydrogens is 402 g/mol. The number of benzene rings is 1. The predicted octanol–water partition coefficient (Wildman–Crippen LogP) is 4.25. The Kier molecular flexibility index (Phi) is 6.51. The number of hydrogen-bond acceptors (Lipinski definition) is 6. The minimum atomic E-state index is 0.00854. The van der Waals surface area contributed by atoms with E-state index in [2.05, 4.69) is 41.5 Å². The molecule has 0 aliphatic rings. The molecule has 1 aromatic carbocycles. The Labute approximate surface area is 171 Å². The molecule has 2 heterocycles. The normalized spacial score (nSPS) is 11.1. The molecule has 9 heteroatoms. The summed E-state index contributed by atoms with van der Waals surface area (Å²) < 4.78 is 2.38. The fraction of sp³-hybridized carbons (Fsp3) is 0.333. The number of thiophene rings is 1. The van der Waals surface area contributed by atoms with Gasteiger partial charge in [-0.1, -0.05) is 49.3 Å². The first-order chi connectivity index (χ1) is 12.9. The van der Waals surface area contributed by atoms with Gasteiger partial charge in [-0.2, -0.15) is 4.68 Å². The van der Waals surface area contributed by atoms with Crippen molar-refractivity contribution in [3.8, 4) is 5.69 Å². The summed E-state index contributed by atoms with van der Waals surface area (Å²) in [5.74, 6) is 0.738. The Morgan fingerprint density at radius 2 is 2.00 bits per heavy atom. The van der Waals surface area contributed by atoms with Crippen LogP contribution in [0.5, 0.6) is 0 Å². The molecule has 0 radical (unpaired) electrons. The molecule has 0 aliphatic carbocycles. The number of amides is 1. The Bertz CT molecular complexity index is 907. The third-order valence-electron chi connectivity index (χ3n) is 4.02. The number of carbonyl (C=O) groups excluding carboxylic acids is 1. The lowest BCUT2D eigenvalue weighted by molar-refractivity contribution is -0.127. The molecule has 142 valence electrons. The van der Waals surface area contributed by atoms with Crippen molar-refractivity contribution >= 4 is 40.6 Å². The summed E-state index contributed by atoms with van der Waals surface area (Å²) in [5.41, 5.74) is 2.13. The van der Waals surface area contributed by atoms with E-state index < -0.39 is 0 Å². The van der Waals surface area contributed by atoms with Crippen molar-refractivity contribution in [3.63, 3.8) is 0 Å². The largest absolute Gasteiger partial charge is 0.340 e. The van der Waals surface area contributed by atoms with E-state index in [0.717, 1.165) is 14.9 Å². The summed E-state index contributed by atoms with van der Waals surface area (Å²) in [5, 5.41) is 12.4. The Morgan fingerprint density at radius 1 is 1.26 bits per heavy atom. The van der Waals surface area contributed by atoms with Crippen LogP contribution < -0.4 is 0 Å². The summed E-state index contributed by atoms with van der Waals surface area (Å²) in [4.78, 5) is 15.1. The molecule has 0 aliphatic heterocycles. The van der Waals surface area contributed by atoms with Crippen molar-refractivity contribution in [1.29, 1.82) is 0 Å². The second-order valence-electron chi connectivity index (χ2n) is 6.36. The average Bonchev–Trinajstić information content (AvgIpc) is 3.28. The van der Waals surface area contributed by atoms with Crippen molar-refractivity contribution in [2.24, 2.45) is 0 Å². The maximum absolute atomic E-state index is 12.4. The molecule has 0 bridgehead atoms. The summed E-state index contributed by atoms with van der Waals surface area (Å²) in [6, 6.07) is 11.9. The molecule has 0 spiro atoms. The van der Waals surface area contributed by atoms with Gasteiger partial charge in [0.1, 0.15) is 0 Å². The highest BCUT2D eigenvalue weighted by atomic mass is 35.5. The number of rotatable bonds is 7. The van der Waals surface area contributed by atoms with E-state index in [1.165, 1.54) is 28.7 Å². The Morgan fingerprint density at radius 3 is 2.63 bits per heavy atom. The van der Waals surface area contributed by atoms with Crippen molar-refractivity contribution in [2.75, 3.05) is 12.8 Å². The van der Waals surface area contributed by atoms with Gasteiger partial charge in [-0.05, 0) is 46.2 Å². The summed E-state index contributed by atoms with van der Waals surface area (Å²) in [7, 11) is 1.78. The third kappa shape index (κ3) is 5.09. The van der Waals surface area contributed by atoms with E-state index in [4.69, 9.17) is 11.6 Å². The van der Waals surface area contributed by atoms with Crippen LogP contribution in [0.3, 0.4) is 0 Å². The highest BCUT2D eigenvalue weighted by molar-refractivity contribution is 7.99. The van der Waals surface area contributed by atoms with Gasteiger partial charge in [0, 0.05) is 11.9 Å². The van der Waals surface area contributed by atoms with Crippen LogP contribution in [0.4, 0.5) is 0 Å². The Hall–Kier alpha value is -1.90. The van der Waals surface area contributed by atoms with Crippen LogP contribution >= 0.6 is 34.7 Å². The van der Waals surface area contributed by atoms with Gasteiger partial charge >= 0.3 is 0 Å². The zero-order chi connectivity index (χ0) is 19.4. The smallest absolute Gasteiger partial charge is 0.233 e. The van der Waals surface area contributed by atoms with Crippen LogP contribution in [0.1, 0.15) is 30.2 Å². The van der Waals surface area contributed by atoms with E-state index >= 15 is 0 Å². The first-order valence-electron chi connectivity index (χ1n) is 8.43. The molecule has 27 heavy (non-hydrogen) atoms. The number of carbonyl (C=O) groups is 1. The minimum absolute atomic E-state index is 0.00854. The molecular formula is C18H20ClN5OS2. The highest BCUT2D eigenvalue weighted by Gasteiger charge is 2.15. The SMILES string of the molecule is CC(C)c1ccc(-n2nnnc2SCC(=O)N(C)Cc2ccc(Cl)s2)cc1. The fourth-order valence-corrected chi connectivity index (χ4v) is 4.40. The molecule has 6 nitrogen and oxygen atoms in total. The van der Waals surface area contributed by atoms with Crippen LogP contribution in [0.15, 0.2) is 41.6 Å². The van der Waals surface area contributed by atoms with E-state index in [0.29, 0.717) is 17.6 Å². The quantitative estimate of drug-likeness (QED) is 0.533. The zero-order valence-corrected chi connectivity index (χ0v) is 17.7. The molecule has 1 amide bonds. The maximum atomic E-state index is 12.4.